The predicted molar refractivity (Wildman–Crippen MR) is 68.0 cm³/mol. The first-order valence-electron chi connectivity index (χ1n) is 5.54. The molecular formula is C10H19N5S. The maximum Gasteiger partial charge on any atom is 0.0865 e. The molecule has 1 aromatic heterocycles. The standard InChI is InChI=1S/C10H19N5S/c1-13-5-3-4-9(7-13)15(16-11)10-6-12-14(2)8-10/h6,8-9H,3-5,7,11H2,1-2H3/t9-/m0/s1. The van der Waals surface area contributed by atoms with Crippen LogP contribution in [0.5, 0.6) is 0 Å². The molecule has 0 bridgehead atoms. The van der Waals surface area contributed by atoms with Crippen LogP contribution in [0.15, 0.2) is 12.4 Å². The number of likely N-dealkylation sites (N-methyl/N-ethyl adjacent to an activating group) is 1. The molecule has 0 aromatic carbocycles. The molecule has 0 amide bonds. The highest BCUT2D eigenvalue weighted by atomic mass is 32.2. The summed E-state index contributed by atoms with van der Waals surface area (Å²) in [4.78, 5) is 2.35. The molecule has 90 valence electrons. The zero-order chi connectivity index (χ0) is 11.5. The van der Waals surface area contributed by atoms with Gasteiger partial charge >= 0.3 is 0 Å². The monoisotopic (exact) mass is 241 g/mol. The Morgan fingerprint density at radius 2 is 2.38 bits per heavy atom. The lowest BCUT2D eigenvalue weighted by molar-refractivity contribution is 0.254. The van der Waals surface area contributed by atoms with Crippen molar-refractivity contribution in [2.24, 2.45) is 12.2 Å². The van der Waals surface area contributed by atoms with E-state index in [0.717, 1.165) is 12.2 Å². The molecule has 0 aliphatic carbocycles. The molecule has 1 fully saturated rings. The highest BCUT2D eigenvalue weighted by molar-refractivity contribution is 7.98. The Balaban J connectivity index is 2.09. The smallest absolute Gasteiger partial charge is 0.0865 e. The van der Waals surface area contributed by atoms with E-state index in [1.807, 2.05) is 24.1 Å². The molecular weight excluding hydrogens is 222 g/mol. The van der Waals surface area contributed by atoms with Crippen LogP contribution in [-0.4, -0.2) is 40.9 Å². The maximum absolute atomic E-state index is 5.78. The summed E-state index contributed by atoms with van der Waals surface area (Å²) < 4.78 is 3.98. The van der Waals surface area contributed by atoms with Crippen molar-refractivity contribution in [3.8, 4) is 0 Å². The second-order valence-electron chi connectivity index (χ2n) is 4.36. The van der Waals surface area contributed by atoms with Crippen molar-refractivity contribution in [3.63, 3.8) is 0 Å². The molecule has 1 aliphatic rings. The van der Waals surface area contributed by atoms with E-state index < -0.39 is 0 Å². The summed E-state index contributed by atoms with van der Waals surface area (Å²) in [5.41, 5.74) is 1.09. The van der Waals surface area contributed by atoms with Crippen LogP contribution in [-0.2, 0) is 7.05 Å². The van der Waals surface area contributed by atoms with Gasteiger partial charge in [-0.15, -0.1) is 0 Å². The lowest BCUT2D eigenvalue weighted by Gasteiger charge is -2.36. The molecule has 2 heterocycles. The highest BCUT2D eigenvalue weighted by Gasteiger charge is 2.24. The minimum Gasteiger partial charge on any atom is -0.304 e. The lowest BCUT2D eigenvalue weighted by atomic mass is 10.1. The molecule has 1 aromatic rings. The molecule has 2 rings (SSSR count). The first-order chi connectivity index (χ1) is 7.70. The fraction of sp³-hybridized carbons (Fsp3) is 0.700. The van der Waals surface area contributed by atoms with E-state index in [1.165, 1.54) is 31.5 Å². The summed E-state index contributed by atoms with van der Waals surface area (Å²) in [6, 6.07) is 0.484. The third-order valence-electron chi connectivity index (χ3n) is 2.99. The zero-order valence-electron chi connectivity index (χ0n) is 9.83. The SMILES string of the molecule is CN1CCC[C@H](N(SN)c2cnn(C)c2)C1. The molecule has 5 nitrogen and oxygen atoms in total. The van der Waals surface area contributed by atoms with Crippen LogP contribution < -0.4 is 9.44 Å². The molecule has 0 saturated carbocycles. The molecule has 2 N–H and O–H groups in total. The molecule has 0 radical (unpaired) electrons. The number of hydrogen-bond donors (Lipinski definition) is 1. The van der Waals surface area contributed by atoms with Crippen LogP contribution in [0, 0.1) is 0 Å². The van der Waals surface area contributed by atoms with Gasteiger partial charge in [-0.25, -0.2) is 0 Å². The molecule has 1 atom stereocenters. The summed E-state index contributed by atoms with van der Waals surface area (Å²) in [5.74, 6) is 0. The number of aryl methyl sites for hydroxylation is 1. The van der Waals surface area contributed by atoms with Gasteiger partial charge in [-0.2, -0.15) is 5.10 Å². The van der Waals surface area contributed by atoms with Crippen LogP contribution in [0.3, 0.4) is 0 Å². The van der Waals surface area contributed by atoms with Gasteiger partial charge in [0.25, 0.3) is 0 Å². The number of nitrogens with zero attached hydrogens (tertiary/aromatic N) is 4. The van der Waals surface area contributed by atoms with Crippen LogP contribution >= 0.6 is 12.1 Å². The highest BCUT2D eigenvalue weighted by Crippen LogP contribution is 2.26. The number of hydrogen-bond acceptors (Lipinski definition) is 5. The van der Waals surface area contributed by atoms with Gasteiger partial charge in [0.2, 0.25) is 0 Å². The lowest BCUT2D eigenvalue weighted by Crippen LogP contribution is -2.44. The fourth-order valence-electron chi connectivity index (χ4n) is 2.21. The van der Waals surface area contributed by atoms with Crippen molar-refractivity contribution in [2.75, 3.05) is 24.4 Å². The van der Waals surface area contributed by atoms with Gasteiger partial charge < -0.3 is 4.90 Å². The van der Waals surface area contributed by atoms with Crippen LogP contribution in [0.2, 0.25) is 0 Å². The van der Waals surface area contributed by atoms with E-state index in [9.17, 15) is 0 Å². The van der Waals surface area contributed by atoms with Gasteiger partial charge in [-0.05, 0) is 26.4 Å². The minimum atomic E-state index is 0.484. The zero-order valence-corrected chi connectivity index (χ0v) is 10.7. The molecule has 0 spiro atoms. The third-order valence-corrected chi connectivity index (χ3v) is 3.73. The Bertz CT molecular complexity index is 340. The van der Waals surface area contributed by atoms with Gasteiger partial charge in [0, 0.05) is 31.9 Å². The van der Waals surface area contributed by atoms with E-state index in [2.05, 4.69) is 21.4 Å². The fourth-order valence-corrected chi connectivity index (χ4v) is 2.77. The van der Waals surface area contributed by atoms with E-state index in [0.29, 0.717) is 6.04 Å². The maximum atomic E-state index is 5.78. The van der Waals surface area contributed by atoms with Gasteiger partial charge in [0.05, 0.1) is 17.9 Å². The molecule has 16 heavy (non-hydrogen) atoms. The van der Waals surface area contributed by atoms with Crippen LogP contribution in [0.25, 0.3) is 0 Å². The number of rotatable bonds is 3. The third kappa shape index (κ3) is 2.50. The van der Waals surface area contributed by atoms with E-state index >= 15 is 0 Å². The minimum absolute atomic E-state index is 0.484. The topological polar surface area (TPSA) is 50.3 Å². The number of piperidine rings is 1. The Kier molecular flexibility index (Phi) is 3.73. The normalized spacial score (nSPS) is 22.3. The van der Waals surface area contributed by atoms with Gasteiger partial charge in [0.15, 0.2) is 0 Å². The van der Waals surface area contributed by atoms with E-state index in [1.54, 1.807) is 0 Å². The van der Waals surface area contributed by atoms with Crippen molar-refractivity contribution in [3.05, 3.63) is 12.4 Å². The van der Waals surface area contributed by atoms with Gasteiger partial charge in [-0.3, -0.25) is 14.1 Å². The summed E-state index contributed by atoms with van der Waals surface area (Å²) >= 11 is 1.30. The van der Waals surface area contributed by atoms with Gasteiger partial charge in [0.1, 0.15) is 0 Å². The van der Waals surface area contributed by atoms with Crippen molar-refractivity contribution in [1.82, 2.24) is 14.7 Å². The summed E-state index contributed by atoms with van der Waals surface area (Å²) in [6.45, 7) is 2.26. The molecule has 0 unspecified atom stereocenters. The first-order valence-corrected chi connectivity index (χ1v) is 6.37. The van der Waals surface area contributed by atoms with Crippen molar-refractivity contribution in [1.29, 1.82) is 0 Å². The second kappa shape index (κ2) is 5.07. The Hall–Kier alpha value is -0.720. The van der Waals surface area contributed by atoms with Gasteiger partial charge in [-0.1, -0.05) is 0 Å². The average Bonchev–Trinajstić information content (AvgIpc) is 2.66. The van der Waals surface area contributed by atoms with E-state index in [4.69, 9.17) is 5.14 Å². The Labute approximate surface area is 101 Å². The Morgan fingerprint density at radius 3 is 2.94 bits per heavy atom. The number of aromatic nitrogens is 2. The van der Waals surface area contributed by atoms with Crippen molar-refractivity contribution < 1.29 is 0 Å². The van der Waals surface area contributed by atoms with E-state index in [-0.39, 0.29) is 0 Å². The number of anilines is 1. The summed E-state index contributed by atoms with van der Waals surface area (Å²) in [7, 11) is 4.09. The van der Waals surface area contributed by atoms with Crippen molar-refractivity contribution >= 4 is 17.8 Å². The average molecular weight is 241 g/mol. The molecule has 6 heteroatoms. The Morgan fingerprint density at radius 1 is 1.56 bits per heavy atom. The quantitative estimate of drug-likeness (QED) is 0.795. The van der Waals surface area contributed by atoms with Crippen LogP contribution in [0.1, 0.15) is 12.8 Å². The molecule has 1 aliphatic heterocycles. The first kappa shape index (κ1) is 11.8. The molecule has 1 saturated heterocycles. The van der Waals surface area contributed by atoms with Crippen molar-refractivity contribution in [2.45, 2.75) is 18.9 Å². The largest absolute Gasteiger partial charge is 0.304 e. The number of likely N-dealkylation sites (tertiary alicyclic amines) is 1. The summed E-state index contributed by atoms with van der Waals surface area (Å²) in [6.07, 6.45) is 6.31. The van der Waals surface area contributed by atoms with Crippen LogP contribution in [0.4, 0.5) is 5.69 Å². The predicted octanol–water partition coefficient (Wildman–Crippen LogP) is 0.843. The summed E-state index contributed by atoms with van der Waals surface area (Å²) in [5, 5.41) is 9.97. The second-order valence-corrected chi connectivity index (χ2v) is 4.97. The number of nitrogens with two attached hydrogens (primary N) is 1.